The third-order valence-electron chi connectivity index (χ3n) is 3.39. The molecule has 0 atom stereocenters. The van der Waals surface area contributed by atoms with E-state index in [2.05, 4.69) is 27.7 Å². The minimum Gasteiger partial charge on any atom is -0.429 e. The van der Waals surface area contributed by atoms with Crippen molar-refractivity contribution >= 4 is 24.1 Å². The van der Waals surface area contributed by atoms with Gasteiger partial charge in [-0.15, -0.1) is 0 Å². The number of amides is 2. The van der Waals surface area contributed by atoms with Crippen molar-refractivity contribution in [3.8, 4) is 29.3 Å². The van der Waals surface area contributed by atoms with Crippen LogP contribution in [-0.2, 0) is 4.79 Å². The Balaban J connectivity index is 1.60. The van der Waals surface area contributed by atoms with Crippen molar-refractivity contribution in [2.45, 2.75) is 0 Å². The van der Waals surface area contributed by atoms with Crippen LogP contribution in [0.5, 0.6) is 5.75 Å². The van der Waals surface area contributed by atoms with Crippen LogP contribution in [0.25, 0.3) is 5.69 Å². The lowest BCUT2D eigenvalue weighted by molar-refractivity contribution is -0.670. The Kier molecular flexibility index (Phi) is 5.61. The zero-order valence-electron chi connectivity index (χ0n) is 14.2. The zero-order chi connectivity index (χ0) is 19.8. The molecule has 0 unspecified atom stereocenters. The maximum Gasteiger partial charge on any atom is 0.326 e. The van der Waals surface area contributed by atoms with Gasteiger partial charge in [-0.1, -0.05) is 5.92 Å². The summed E-state index contributed by atoms with van der Waals surface area (Å²) in [6.45, 7) is 0.339. The highest BCUT2D eigenvalue weighted by Gasteiger charge is 2.16. The smallest absolute Gasteiger partial charge is 0.326 e. The number of rotatable bonds is 5. The third-order valence-corrected chi connectivity index (χ3v) is 3.39. The van der Waals surface area contributed by atoms with Gasteiger partial charge in [0.1, 0.15) is 5.75 Å². The van der Waals surface area contributed by atoms with Crippen LogP contribution in [0.4, 0.5) is 16.4 Å². The van der Waals surface area contributed by atoms with E-state index in [1.165, 1.54) is 10.9 Å². The first kappa shape index (κ1) is 18.2. The van der Waals surface area contributed by atoms with Crippen molar-refractivity contribution < 1.29 is 23.5 Å². The molecule has 0 saturated carbocycles. The second-order valence-corrected chi connectivity index (χ2v) is 5.24. The number of hydrogen-bond acceptors (Lipinski definition) is 6. The minimum absolute atomic E-state index is 0.127. The third kappa shape index (κ3) is 4.71. The topological polar surface area (TPSA) is 121 Å². The summed E-state index contributed by atoms with van der Waals surface area (Å²) in [7, 11) is 0. The molecule has 1 aromatic heterocycles. The van der Waals surface area contributed by atoms with Crippen LogP contribution in [0.1, 0.15) is 5.56 Å². The van der Waals surface area contributed by atoms with Gasteiger partial charge in [-0.25, -0.2) is 4.79 Å². The molecule has 0 spiro atoms. The molecule has 9 heteroatoms. The molecular weight excluding hydrogens is 362 g/mol. The molecule has 0 saturated heterocycles. The predicted molar refractivity (Wildman–Crippen MR) is 96.3 cm³/mol. The summed E-state index contributed by atoms with van der Waals surface area (Å²) in [6, 6.07) is 14.4. The van der Waals surface area contributed by atoms with Crippen molar-refractivity contribution in [3.63, 3.8) is 0 Å². The van der Waals surface area contributed by atoms with Gasteiger partial charge in [-0.05, 0) is 41.1 Å². The lowest BCUT2D eigenvalue weighted by atomic mass is 10.2. The molecule has 136 valence electrons. The maximum absolute atomic E-state index is 12.1. The summed E-state index contributed by atoms with van der Waals surface area (Å²) < 4.78 is 11.2. The SMILES string of the molecule is N#CC#Cc1ccc(NC(=O)Nc2c[n+](-c3ccc(OC=O)cc3)no2)cc1. The molecule has 0 aliphatic rings. The lowest BCUT2D eigenvalue weighted by Gasteiger charge is -2.03. The fraction of sp³-hybridized carbons (Fsp3) is 0. The Bertz CT molecular complexity index is 1090. The van der Waals surface area contributed by atoms with Crippen LogP contribution < -0.4 is 20.1 Å². The minimum atomic E-state index is -0.520. The van der Waals surface area contributed by atoms with E-state index in [9.17, 15) is 9.59 Å². The van der Waals surface area contributed by atoms with Crippen molar-refractivity contribution in [3.05, 3.63) is 60.3 Å². The number of nitrogens with one attached hydrogen (secondary N) is 2. The summed E-state index contributed by atoms with van der Waals surface area (Å²) >= 11 is 0. The zero-order valence-corrected chi connectivity index (χ0v) is 14.2. The van der Waals surface area contributed by atoms with Crippen molar-refractivity contribution in [2.75, 3.05) is 10.6 Å². The summed E-state index contributed by atoms with van der Waals surface area (Å²) in [4.78, 5) is 22.4. The molecule has 2 aromatic carbocycles. The van der Waals surface area contributed by atoms with Gasteiger partial charge in [0.2, 0.25) is 11.0 Å². The Hall–Kier alpha value is -4.63. The van der Waals surface area contributed by atoms with E-state index in [1.807, 2.05) is 0 Å². The van der Waals surface area contributed by atoms with E-state index < -0.39 is 6.03 Å². The highest BCUT2D eigenvalue weighted by atomic mass is 16.5. The van der Waals surface area contributed by atoms with Crippen LogP contribution >= 0.6 is 0 Å². The lowest BCUT2D eigenvalue weighted by Crippen LogP contribution is -2.31. The Morgan fingerprint density at radius 3 is 2.57 bits per heavy atom. The highest BCUT2D eigenvalue weighted by molar-refractivity contribution is 5.98. The van der Waals surface area contributed by atoms with Gasteiger partial charge in [-0.2, -0.15) is 5.26 Å². The van der Waals surface area contributed by atoms with E-state index in [4.69, 9.17) is 14.5 Å². The molecular formula is C19H12N5O4+. The summed E-state index contributed by atoms with van der Waals surface area (Å²) in [5.41, 5.74) is 1.84. The standard InChI is InChI=1S/C19H11N5O4/c20-11-1-2-14-3-5-15(6-4-14)21-19(26)22-18-12-24(23-28-18)16-7-9-17(10-8-16)27-13-25/h3-10,12-13H,(H-,21,22,23,26)/p+1. The molecule has 28 heavy (non-hydrogen) atoms. The number of nitriles is 1. The van der Waals surface area contributed by atoms with Crippen molar-refractivity contribution in [1.82, 2.24) is 5.27 Å². The monoisotopic (exact) mass is 374 g/mol. The number of urea groups is 1. The summed E-state index contributed by atoms with van der Waals surface area (Å²) in [5.74, 6) is 5.47. The number of anilines is 2. The normalized spacial score (nSPS) is 9.39. The second kappa shape index (κ2) is 8.65. The van der Waals surface area contributed by atoms with E-state index in [1.54, 1.807) is 54.6 Å². The van der Waals surface area contributed by atoms with E-state index in [0.717, 1.165) is 0 Å². The number of nitrogens with zero attached hydrogens (tertiary/aromatic N) is 3. The Labute approximate surface area is 159 Å². The fourth-order valence-corrected chi connectivity index (χ4v) is 2.17. The van der Waals surface area contributed by atoms with Crippen LogP contribution in [0.2, 0.25) is 0 Å². The van der Waals surface area contributed by atoms with Gasteiger partial charge >= 0.3 is 11.9 Å². The molecule has 0 aliphatic heterocycles. The Morgan fingerprint density at radius 1 is 1.14 bits per heavy atom. The number of hydrogen-bond donors (Lipinski definition) is 2. The summed E-state index contributed by atoms with van der Waals surface area (Å²) in [6.07, 6.45) is 1.48. The van der Waals surface area contributed by atoms with Crippen LogP contribution in [-0.4, -0.2) is 17.8 Å². The van der Waals surface area contributed by atoms with Gasteiger partial charge in [-0.3, -0.25) is 14.6 Å². The molecule has 3 rings (SSSR count). The molecule has 0 bridgehead atoms. The first-order valence-electron chi connectivity index (χ1n) is 7.85. The van der Waals surface area contributed by atoms with Crippen molar-refractivity contribution in [2.24, 2.45) is 0 Å². The highest BCUT2D eigenvalue weighted by Crippen LogP contribution is 2.13. The average Bonchev–Trinajstić information content (AvgIpc) is 3.16. The van der Waals surface area contributed by atoms with E-state index >= 15 is 0 Å². The number of benzene rings is 2. The average molecular weight is 374 g/mol. The molecule has 0 fully saturated rings. The van der Waals surface area contributed by atoms with Gasteiger partial charge in [0.25, 0.3) is 12.7 Å². The number of carbonyl (C=O) groups is 2. The predicted octanol–water partition coefficient (Wildman–Crippen LogP) is 2.01. The van der Waals surface area contributed by atoms with E-state index in [-0.39, 0.29) is 5.88 Å². The molecule has 2 amide bonds. The number of ether oxygens (including phenoxy) is 1. The van der Waals surface area contributed by atoms with Crippen LogP contribution in [0.15, 0.2) is 59.3 Å². The first-order valence-corrected chi connectivity index (χ1v) is 7.85. The van der Waals surface area contributed by atoms with Gasteiger partial charge in [0.15, 0.2) is 6.07 Å². The molecule has 3 aromatic rings. The van der Waals surface area contributed by atoms with Crippen LogP contribution in [0.3, 0.4) is 0 Å². The Morgan fingerprint density at radius 2 is 1.89 bits per heavy atom. The quantitative estimate of drug-likeness (QED) is 0.400. The van der Waals surface area contributed by atoms with Crippen molar-refractivity contribution in [1.29, 1.82) is 5.26 Å². The van der Waals surface area contributed by atoms with E-state index in [0.29, 0.717) is 29.2 Å². The number of carbonyl (C=O) groups excluding carboxylic acids is 2. The number of aromatic nitrogens is 2. The van der Waals surface area contributed by atoms with Gasteiger partial charge in [0.05, 0.1) is 0 Å². The second-order valence-electron chi connectivity index (χ2n) is 5.24. The molecule has 2 N–H and O–H groups in total. The molecule has 9 nitrogen and oxygen atoms in total. The maximum atomic E-state index is 12.1. The fourth-order valence-electron chi connectivity index (χ4n) is 2.17. The largest absolute Gasteiger partial charge is 0.429 e. The van der Waals surface area contributed by atoms with Gasteiger partial charge < -0.3 is 10.1 Å². The first-order chi connectivity index (χ1) is 13.7. The molecule has 1 heterocycles. The molecule has 0 aliphatic carbocycles. The van der Waals surface area contributed by atoms with Gasteiger partial charge in [0, 0.05) is 29.3 Å². The molecule has 0 radical (unpaired) electrons. The summed E-state index contributed by atoms with van der Waals surface area (Å²) in [5, 5.41) is 17.4. The van der Waals surface area contributed by atoms with Crippen LogP contribution in [0, 0.1) is 23.2 Å².